The van der Waals surface area contributed by atoms with Crippen molar-refractivity contribution < 1.29 is 8.76 Å². The molecule has 0 fully saturated rings. The molecular weight excluding hydrogens is 220 g/mol. The van der Waals surface area contributed by atoms with E-state index >= 15 is 0 Å². The Kier molecular flexibility index (Phi) is 3.17. The fraction of sp³-hybridized carbons (Fsp3) is 0.0769. The molecule has 0 aliphatic carbocycles. The number of benzene rings is 2. The van der Waals surface area contributed by atoms with Crippen LogP contribution >= 0.6 is 0 Å². The number of hydrogen-bond donors (Lipinski definition) is 1. The normalized spacial score (nSPS) is 12.4. The summed E-state index contributed by atoms with van der Waals surface area (Å²) >= 11 is -1.90. The van der Waals surface area contributed by atoms with Crippen molar-refractivity contribution in [1.29, 1.82) is 0 Å². The van der Waals surface area contributed by atoms with E-state index < -0.39 is 11.1 Å². The van der Waals surface area contributed by atoms with Gasteiger partial charge in [0.2, 0.25) is 0 Å². The SMILES string of the molecule is Cc1ccc(-c2ccc(S(=O)O)cc2)cc1. The van der Waals surface area contributed by atoms with Gasteiger partial charge in [-0.05, 0) is 30.2 Å². The summed E-state index contributed by atoms with van der Waals surface area (Å²) in [5, 5.41) is 0. The molecule has 2 rings (SSSR count). The molecule has 0 aromatic heterocycles. The molecule has 0 saturated carbocycles. The average molecular weight is 232 g/mol. The summed E-state index contributed by atoms with van der Waals surface area (Å²) in [6, 6.07) is 15.2. The van der Waals surface area contributed by atoms with Crippen LogP contribution in [-0.4, -0.2) is 8.76 Å². The third-order valence-corrected chi connectivity index (χ3v) is 3.12. The lowest BCUT2D eigenvalue weighted by Gasteiger charge is -2.02. The van der Waals surface area contributed by atoms with Crippen LogP contribution < -0.4 is 0 Å². The zero-order valence-electron chi connectivity index (χ0n) is 8.88. The van der Waals surface area contributed by atoms with Crippen LogP contribution in [0.3, 0.4) is 0 Å². The van der Waals surface area contributed by atoms with Crippen molar-refractivity contribution >= 4 is 11.1 Å². The van der Waals surface area contributed by atoms with Crippen molar-refractivity contribution in [2.45, 2.75) is 11.8 Å². The van der Waals surface area contributed by atoms with E-state index in [0.717, 1.165) is 11.1 Å². The Bertz CT molecular complexity index is 500. The van der Waals surface area contributed by atoms with Crippen molar-refractivity contribution in [2.24, 2.45) is 0 Å². The molecule has 0 amide bonds. The number of hydrogen-bond acceptors (Lipinski definition) is 1. The van der Waals surface area contributed by atoms with E-state index in [0.29, 0.717) is 4.90 Å². The largest absolute Gasteiger partial charge is 0.302 e. The van der Waals surface area contributed by atoms with Gasteiger partial charge in [0.05, 0.1) is 4.90 Å². The molecule has 0 aliphatic rings. The highest BCUT2D eigenvalue weighted by Gasteiger charge is 2.00. The van der Waals surface area contributed by atoms with E-state index in [2.05, 4.69) is 0 Å². The Morgan fingerprint density at radius 3 is 1.75 bits per heavy atom. The van der Waals surface area contributed by atoms with E-state index in [4.69, 9.17) is 4.55 Å². The van der Waals surface area contributed by atoms with Gasteiger partial charge in [0.1, 0.15) is 0 Å². The summed E-state index contributed by atoms with van der Waals surface area (Å²) in [4.78, 5) is 0.427. The molecular formula is C13H12O2S. The van der Waals surface area contributed by atoms with Crippen molar-refractivity contribution in [3.8, 4) is 11.1 Å². The zero-order chi connectivity index (χ0) is 11.5. The highest BCUT2D eigenvalue weighted by atomic mass is 32.2. The zero-order valence-corrected chi connectivity index (χ0v) is 9.70. The highest BCUT2D eigenvalue weighted by Crippen LogP contribution is 2.20. The van der Waals surface area contributed by atoms with E-state index in [1.165, 1.54) is 5.56 Å². The number of rotatable bonds is 2. The maximum Gasteiger partial charge on any atom is 0.186 e. The lowest BCUT2D eigenvalue weighted by Crippen LogP contribution is -1.87. The summed E-state index contributed by atoms with van der Waals surface area (Å²) < 4.78 is 19.7. The second kappa shape index (κ2) is 4.60. The quantitative estimate of drug-likeness (QED) is 0.807. The lowest BCUT2D eigenvalue weighted by atomic mass is 10.0. The van der Waals surface area contributed by atoms with Gasteiger partial charge in [0.25, 0.3) is 0 Å². The third kappa shape index (κ3) is 2.38. The van der Waals surface area contributed by atoms with Gasteiger partial charge in [0, 0.05) is 0 Å². The van der Waals surface area contributed by atoms with Crippen LogP contribution in [-0.2, 0) is 11.1 Å². The molecule has 3 heteroatoms. The smallest absolute Gasteiger partial charge is 0.186 e. The van der Waals surface area contributed by atoms with E-state index in [9.17, 15) is 4.21 Å². The van der Waals surface area contributed by atoms with Gasteiger partial charge in [0.15, 0.2) is 11.1 Å². The maximum atomic E-state index is 10.8. The van der Waals surface area contributed by atoms with Crippen molar-refractivity contribution in [3.63, 3.8) is 0 Å². The van der Waals surface area contributed by atoms with Crippen LogP contribution in [0.5, 0.6) is 0 Å². The van der Waals surface area contributed by atoms with Crippen molar-refractivity contribution in [3.05, 3.63) is 54.1 Å². The molecule has 2 nitrogen and oxygen atoms in total. The Balaban J connectivity index is 2.34. The predicted molar refractivity (Wildman–Crippen MR) is 65.7 cm³/mol. The van der Waals surface area contributed by atoms with Crippen molar-refractivity contribution in [1.82, 2.24) is 0 Å². The molecule has 0 heterocycles. The molecule has 1 atom stereocenters. The van der Waals surface area contributed by atoms with Gasteiger partial charge in [-0.1, -0.05) is 42.0 Å². The summed E-state index contributed by atoms with van der Waals surface area (Å²) in [5.41, 5.74) is 3.38. The molecule has 0 bridgehead atoms. The van der Waals surface area contributed by atoms with Crippen LogP contribution in [0, 0.1) is 6.92 Å². The fourth-order valence-corrected chi connectivity index (χ4v) is 1.88. The van der Waals surface area contributed by atoms with Gasteiger partial charge in [-0.15, -0.1) is 0 Å². The summed E-state index contributed by atoms with van der Waals surface area (Å²) in [7, 11) is 0. The minimum Gasteiger partial charge on any atom is -0.302 e. The van der Waals surface area contributed by atoms with Gasteiger partial charge >= 0.3 is 0 Å². The van der Waals surface area contributed by atoms with Crippen LogP contribution in [0.4, 0.5) is 0 Å². The van der Waals surface area contributed by atoms with Crippen LogP contribution in [0.1, 0.15) is 5.56 Å². The fourth-order valence-electron chi connectivity index (χ4n) is 1.51. The van der Waals surface area contributed by atoms with E-state index in [-0.39, 0.29) is 0 Å². The Hall–Kier alpha value is -1.45. The van der Waals surface area contributed by atoms with Crippen LogP contribution in [0.25, 0.3) is 11.1 Å². The molecule has 16 heavy (non-hydrogen) atoms. The molecule has 1 N–H and O–H groups in total. The monoisotopic (exact) mass is 232 g/mol. The minimum atomic E-state index is -1.90. The van der Waals surface area contributed by atoms with E-state index in [1.54, 1.807) is 12.1 Å². The summed E-state index contributed by atoms with van der Waals surface area (Å²) in [5.74, 6) is 0. The first kappa shape index (κ1) is 11.0. The summed E-state index contributed by atoms with van der Waals surface area (Å²) in [6.07, 6.45) is 0. The molecule has 2 aromatic carbocycles. The van der Waals surface area contributed by atoms with E-state index in [1.807, 2.05) is 43.3 Å². The van der Waals surface area contributed by atoms with Gasteiger partial charge in [-0.25, -0.2) is 4.21 Å². The molecule has 2 aromatic rings. The molecule has 0 spiro atoms. The third-order valence-electron chi connectivity index (χ3n) is 2.44. The maximum absolute atomic E-state index is 10.8. The van der Waals surface area contributed by atoms with Crippen molar-refractivity contribution in [2.75, 3.05) is 0 Å². The van der Waals surface area contributed by atoms with Crippen LogP contribution in [0.2, 0.25) is 0 Å². The first-order chi connectivity index (χ1) is 7.66. The second-order valence-corrected chi connectivity index (χ2v) is 4.61. The predicted octanol–water partition coefficient (Wildman–Crippen LogP) is 3.24. The van der Waals surface area contributed by atoms with Crippen LogP contribution in [0.15, 0.2) is 53.4 Å². The molecule has 0 saturated heterocycles. The molecule has 82 valence electrons. The molecule has 0 aliphatic heterocycles. The Morgan fingerprint density at radius 1 is 0.875 bits per heavy atom. The minimum absolute atomic E-state index is 0.427. The molecule has 1 unspecified atom stereocenters. The first-order valence-corrected chi connectivity index (χ1v) is 6.05. The lowest BCUT2D eigenvalue weighted by molar-refractivity contribution is 0.564. The topological polar surface area (TPSA) is 37.3 Å². The summed E-state index contributed by atoms with van der Waals surface area (Å²) in [6.45, 7) is 2.04. The highest BCUT2D eigenvalue weighted by molar-refractivity contribution is 7.79. The first-order valence-electron chi connectivity index (χ1n) is 4.95. The standard InChI is InChI=1S/C13H12O2S/c1-10-2-4-11(5-3-10)12-6-8-13(9-7-12)16(14)15/h2-9H,1H3,(H,14,15). The average Bonchev–Trinajstić information content (AvgIpc) is 2.30. The molecule has 0 radical (unpaired) electrons. The van der Waals surface area contributed by atoms with Gasteiger partial charge in [-0.3, -0.25) is 0 Å². The Labute approximate surface area is 97.2 Å². The number of aryl methyl sites for hydroxylation is 1. The van der Waals surface area contributed by atoms with Gasteiger partial charge in [-0.2, -0.15) is 0 Å². The second-order valence-electron chi connectivity index (χ2n) is 3.64. The van der Waals surface area contributed by atoms with Gasteiger partial charge < -0.3 is 4.55 Å². The Morgan fingerprint density at radius 2 is 1.31 bits per heavy atom.